The molecule has 1 aliphatic heterocycles. The van der Waals surface area contributed by atoms with Crippen LogP contribution in [0.3, 0.4) is 0 Å². The van der Waals surface area contributed by atoms with Gasteiger partial charge < -0.3 is 35.2 Å². The van der Waals surface area contributed by atoms with Crippen molar-refractivity contribution in [3.63, 3.8) is 0 Å². The van der Waals surface area contributed by atoms with Crippen LogP contribution >= 0.6 is 0 Å². The maximum atomic E-state index is 14.2. The molecule has 0 saturated carbocycles. The minimum atomic E-state index is -1.16. The first-order valence-corrected chi connectivity index (χ1v) is 21.6. The van der Waals surface area contributed by atoms with E-state index in [0.717, 1.165) is 35.1 Å². The standard InChI is InChI=1S/C48H66N4O8/c1-9-30(4)38(27-49-47(56)43(29(2)3)52(48(57)58)28-39-36-22-15-13-20-34(36)35-21-14-16-23-37(35)39)41(59-7)26-42(53)51-25-17-24-40(51)45(60-8)31(5)46(55)50-32(6)44(54)33-18-11-10-12-19-33/h10-16,18-23,29-32,38-41,43-45,54H,9,17,24-28H2,1-8H3,(H,49,56)(H,50,55)(H,57,58)/t30-,31+,32+,38+,40-,41+,43-,44+,45+/m0/s1. The lowest BCUT2D eigenvalue weighted by atomic mass is 9.84. The summed E-state index contributed by atoms with van der Waals surface area (Å²) in [6.07, 6.45) is -0.925. The highest BCUT2D eigenvalue weighted by Crippen LogP contribution is 2.45. The molecular formula is C48H66N4O8. The number of fused-ring (bicyclic) bond motifs is 3. The van der Waals surface area contributed by atoms with Gasteiger partial charge in [0.05, 0.1) is 42.7 Å². The average molecular weight is 827 g/mol. The van der Waals surface area contributed by atoms with Gasteiger partial charge in [0.2, 0.25) is 17.7 Å². The fourth-order valence-electron chi connectivity index (χ4n) is 9.45. The van der Waals surface area contributed by atoms with Crippen LogP contribution in [0.15, 0.2) is 78.9 Å². The van der Waals surface area contributed by atoms with Crippen molar-refractivity contribution >= 4 is 23.8 Å². The number of hydrogen-bond acceptors (Lipinski definition) is 7. The number of carboxylic acid groups (broad SMARTS) is 1. The zero-order valence-corrected chi connectivity index (χ0v) is 36.5. The third-order valence-electron chi connectivity index (χ3n) is 13.0. The first-order chi connectivity index (χ1) is 28.7. The number of aliphatic hydroxyl groups excluding tert-OH is 1. The Hall–Kier alpha value is -4.78. The first-order valence-electron chi connectivity index (χ1n) is 21.6. The van der Waals surface area contributed by atoms with Crippen LogP contribution in [0, 0.1) is 23.7 Å². The lowest BCUT2D eigenvalue weighted by molar-refractivity contribution is -0.143. The summed E-state index contributed by atoms with van der Waals surface area (Å²) in [7, 11) is 3.13. The van der Waals surface area contributed by atoms with E-state index >= 15 is 0 Å². The van der Waals surface area contributed by atoms with Gasteiger partial charge in [-0.25, -0.2) is 4.79 Å². The molecule has 0 aromatic heterocycles. The molecule has 326 valence electrons. The molecule has 1 aliphatic carbocycles. The number of nitrogens with one attached hydrogen (secondary N) is 2. The molecule has 9 atom stereocenters. The molecule has 5 rings (SSSR count). The largest absolute Gasteiger partial charge is 0.465 e. The van der Waals surface area contributed by atoms with Gasteiger partial charge in [0.1, 0.15) is 6.04 Å². The van der Waals surface area contributed by atoms with Crippen molar-refractivity contribution in [2.45, 2.75) is 110 Å². The van der Waals surface area contributed by atoms with Gasteiger partial charge in [0, 0.05) is 45.7 Å². The summed E-state index contributed by atoms with van der Waals surface area (Å²) >= 11 is 0. The molecule has 12 heteroatoms. The summed E-state index contributed by atoms with van der Waals surface area (Å²) in [5.74, 6) is -2.14. The van der Waals surface area contributed by atoms with Gasteiger partial charge in [-0.05, 0) is 59.4 Å². The number of benzene rings is 3. The lowest BCUT2D eigenvalue weighted by Crippen LogP contribution is -2.54. The van der Waals surface area contributed by atoms with Crippen LogP contribution in [0.2, 0.25) is 0 Å². The summed E-state index contributed by atoms with van der Waals surface area (Å²) in [4.78, 5) is 58.0. The Bertz CT molecular complexity index is 1860. The monoisotopic (exact) mass is 826 g/mol. The van der Waals surface area contributed by atoms with Crippen molar-refractivity contribution < 1.29 is 38.9 Å². The van der Waals surface area contributed by atoms with Crippen molar-refractivity contribution in [3.8, 4) is 11.1 Å². The van der Waals surface area contributed by atoms with Gasteiger partial charge in [-0.15, -0.1) is 0 Å². The SMILES string of the molecule is CC[C@H](C)[C@@H](CNC(=O)[C@H](C(C)C)N(CC1c2ccccc2-c2ccccc21)C(=O)O)[C@@H](CC(=O)N1CCC[C@H]1[C@H](OC)[C@@H](C)C(=O)N[C@H](C)[C@@H](O)c1ccccc1)OC. The van der Waals surface area contributed by atoms with Crippen LogP contribution in [-0.2, 0) is 23.9 Å². The summed E-state index contributed by atoms with van der Waals surface area (Å²) in [5, 5.41) is 27.5. The smallest absolute Gasteiger partial charge is 0.408 e. The maximum absolute atomic E-state index is 14.2. The molecule has 3 aromatic rings. The number of carbonyl (C=O) groups excluding carboxylic acids is 3. The maximum Gasteiger partial charge on any atom is 0.408 e. The van der Waals surface area contributed by atoms with E-state index in [1.165, 1.54) is 4.90 Å². The Kier molecular flexibility index (Phi) is 16.3. The van der Waals surface area contributed by atoms with E-state index in [1.807, 2.05) is 80.6 Å². The van der Waals surface area contributed by atoms with E-state index < -0.39 is 42.4 Å². The van der Waals surface area contributed by atoms with Crippen LogP contribution in [-0.4, -0.2) is 108 Å². The van der Waals surface area contributed by atoms with Crippen LogP contribution in [0.4, 0.5) is 4.79 Å². The van der Waals surface area contributed by atoms with Crippen molar-refractivity contribution in [1.29, 1.82) is 0 Å². The van der Waals surface area contributed by atoms with Crippen LogP contribution < -0.4 is 10.6 Å². The molecule has 3 aromatic carbocycles. The Morgan fingerprint density at radius 2 is 1.45 bits per heavy atom. The van der Waals surface area contributed by atoms with Crippen LogP contribution in [0.5, 0.6) is 0 Å². The zero-order valence-electron chi connectivity index (χ0n) is 36.5. The normalized spacial score (nSPS) is 19.0. The van der Waals surface area contributed by atoms with Gasteiger partial charge in [0.25, 0.3) is 0 Å². The highest BCUT2D eigenvalue weighted by atomic mass is 16.5. The zero-order chi connectivity index (χ0) is 43.7. The Morgan fingerprint density at radius 3 is 2.00 bits per heavy atom. The van der Waals surface area contributed by atoms with E-state index in [0.29, 0.717) is 18.5 Å². The topological polar surface area (TPSA) is 158 Å². The molecule has 0 spiro atoms. The van der Waals surface area contributed by atoms with E-state index in [9.17, 15) is 29.4 Å². The molecule has 4 N–H and O–H groups in total. The number of methoxy groups -OCH3 is 2. The van der Waals surface area contributed by atoms with Crippen LogP contribution in [0.1, 0.15) is 95.9 Å². The van der Waals surface area contributed by atoms with Crippen molar-refractivity contribution in [3.05, 3.63) is 95.6 Å². The van der Waals surface area contributed by atoms with Gasteiger partial charge in [-0.3, -0.25) is 19.3 Å². The number of likely N-dealkylation sites (tertiary alicyclic amines) is 1. The second-order valence-corrected chi connectivity index (χ2v) is 17.1. The summed E-state index contributed by atoms with van der Waals surface area (Å²) in [6.45, 7) is 12.2. The third kappa shape index (κ3) is 10.4. The van der Waals surface area contributed by atoms with Crippen molar-refractivity contribution in [2.75, 3.05) is 33.9 Å². The molecule has 60 heavy (non-hydrogen) atoms. The van der Waals surface area contributed by atoms with Crippen LogP contribution in [0.25, 0.3) is 11.1 Å². The fraction of sp³-hybridized carbons (Fsp3) is 0.542. The third-order valence-corrected chi connectivity index (χ3v) is 13.0. The predicted molar refractivity (Wildman–Crippen MR) is 232 cm³/mol. The number of rotatable bonds is 20. The molecule has 2 aliphatic rings. The Labute approximate surface area is 356 Å². The molecule has 4 amide bonds. The van der Waals surface area contributed by atoms with Gasteiger partial charge in [-0.1, -0.05) is 120 Å². The predicted octanol–water partition coefficient (Wildman–Crippen LogP) is 6.87. The Balaban J connectivity index is 1.26. The van der Waals surface area contributed by atoms with Gasteiger partial charge >= 0.3 is 6.09 Å². The number of nitrogens with zero attached hydrogens (tertiary/aromatic N) is 2. The minimum absolute atomic E-state index is 0.0562. The Morgan fingerprint density at radius 1 is 0.850 bits per heavy atom. The average Bonchev–Trinajstić information content (AvgIpc) is 3.86. The van der Waals surface area contributed by atoms with Crippen molar-refractivity contribution in [1.82, 2.24) is 20.4 Å². The molecule has 0 bridgehead atoms. The molecule has 0 radical (unpaired) electrons. The summed E-state index contributed by atoms with van der Waals surface area (Å²) in [5.41, 5.74) is 4.94. The molecule has 1 saturated heterocycles. The summed E-state index contributed by atoms with van der Waals surface area (Å²) < 4.78 is 12.0. The minimum Gasteiger partial charge on any atom is -0.465 e. The number of hydrogen-bond donors (Lipinski definition) is 4. The summed E-state index contributed by atoms with van der Waals surface area (Å²) in [6, 6.07) is 23.4. The number of carbonyl (C=O) groups is 4. The molecule has 1 heterocycles. The fourth-order valence-corrected chi connectivity index (χ4v) is 9.45. The second kappa shape index (κ2) is 21.1. The lowest BCUT2D eigenvalue weighted by Gasteiger charge is -2.37. The number of amides is 4. The molecule has 1 fully saturated rings. The van der Waals surface area contributed by atoms with Crippen molar-refractivity contribution in [2.24, 2.45) is 23.7 Å². The van der Waals surface area contributed by atoms with Gasteiger partial charge in [-0.2, -0.15) is 0 Å². The molecule has 0 unspecified atom stereocenters. The quantitative estimate of drug-likeness (QED) is 0.0962. The second-order valence-electron chi connectivity index (χ2n) is 17.1. The van der Waals surface area contributed by atoms with E-state index in [2.05, 4.69) is 36.6 Å². The van der Waals surface area contributed by atoms with E-state index in [4.69, 9.17) is 9.47 Å². The molecule has 12 nitrogen and oxygen atoms in total. The molecular weight excluding hydrogens is 761 g/mol. The van der Waals surface area contributed by atoms with E-state index in [1.54, 1.807) is 33.0 Å². The van der Waals surface area contributed by atoms with Gasteiger partial charge in [0.15, 0.2) is 0 Å². The number of aliphatic hydroxyl groups is 1. The highest BCUT2D eigenvalue weighted by Gasteiger charge is 2.42. The highest BCUT2D eigenvalue weighted by molar-refractivity contribution is 5.86. The first kappa shape index (κ1) is 46.3. The van der Waals surface area contributed by atoms with E-state index in [-0.39, 0.29) is 66.9 Å². The number of ether oxygens (including phenoxy) is 2.